The maximum atomic E-state index is 11.4. The Morgan fingerprint density at radius 2 is 2.10 bits per heavy atom. The number of rotatable bonds is 6. The Morgan fingerprint density at radius 3 is 2.70 bits per heavy atom. The van der Waals surface area contributed by atoms with Crippen molar-refractivity contribution >= 4 is 5.97 Å². The third-order valence-corrected chi connectivity index (χ3v) is 3.75. The van der Waals surface area contributed by atoms with E-state index in [-0.39, 0.29) is 5.92 Å². The summed E-state index contributed by atoms with van der Waals surface area (Å²) < 4.78 is 1.80. The van der Waals surface area contributed by atoms with Gasteiger partial charge in [-0.2, -0.15) is 5.10 Å². The van der Waals surface area contributed by atoms with Crippen molar-refractivity contribution in [2.45, 2.75) is 26.2 Å². The second-order valence-corrected chi connectivity index (χ2v) is 5.15. The quantitative estimate of drug-likeness (QED) is 0.879. The van der Waals surface area contributed by atoms with Crippen LogP contribution in [0.3, 0.4) is 0 Å². The fourth-order valence-corrected chi connectivity index (χ4v) is 2.39. The van der Waals surface area contributed by atoms with Crippen molar-refractivity contribution < 1.29 is 9.90 Å². The second kappa shape index (κ2) is 6.37. The van der Waals surface area contributed by atoms with Crippen LogP contribution in [0, 0.1) is 12.8 Å². The number of aryl methyl sites for hydroxylation is 3. The molecule has 0 amide bonds. The van der Waals surface area contributed by atoms with Gasteiger partial charge in [0, 0.05) is 18.9 Å². The van der Waals surface area contributed by atoms with Gasteiger partial charge in [0.2, 0.25) is 0 Å². The highest BCUT2D eigenvalue weighted by Crippen LogP contribution is 2.18. The molecule has 0 spiro atoms. The largest absolute Gasteiger partial charge is 0.481 e. The van der Waals surface area contributed by atoms with Gasteiger partial charge in [-0.05, 0) is 43.4 Å². The smallest absolute Gasteiger partial charge is 0.306 e. The molecule has 0 radical (unpaired) electrons. The van der Waals surface area contributed by atoms with Crippen molar-refractivity contribution in [3.63, 3.8) is 0 Å². The molecule has 1 atom stereocenters. The molecule has 4 heteroatoms. The SMILES string of the molecule is Cc1ccccc1CC(CCc1ccnn1C)C(=O)O. The number of carbonyl (C=O) groups is 1. The molecule has 1 aromatic heterocycles. The number of hydrogen-bond acceptors (Lipinski definition) is 2. The van der Waals surface area contributed by atoms with E-state index >= 15 is 0 Å². The van der Waals surface area contributed by atoms with Crippen LogP contribution in [0.5, 0.6) is 0 Å². The molecule has 4 nitrogen and oxygen atoms in total. The summed E-state index contributed by atoms with van der Waals surface area (Å²) in [6, 6.07) is 9.91. The van der Waals surface area contributed by atoms with Crippen molar-refractivity contribution in [1.82, 2.24) is 9.78 Å². The minimum atomic E-state index is -0.726. The van der Waals surface area contributed by atoms with E-state index in [0.29, 0.717) is 12.8 Å². The third kappa shape index (κ3) is 3.47. The first-order chi connectivity index (χ1) is 9.58. The number of aromatic nitrogens is 2. The number of carboxylic acid groups (broad SMARTS) is 1. The maximum Gasteiger partial charge on any atom is 0.306 e. The van der Waals surface area contributed by atoms with Crippen LogP contribution in [-0.2, 0) is 24.7 Å². The number of benzene rings is 1. The zero-order valence-electron chi connectivity index (χ0n) is 11.9. The van der Waals surface area contributed by atoms with Gasteiger partial charge in [0.05, 0.1) is 5.92 Å². The van der Waals surface area contributed by atoms with Gasteiger partial charge in [0.15, 0.2) is 0 Å². The van der Waals surface area contributed by atoms with Gasteiger partial charge in [-0.25, -0.2) is 0 Å². The molecule has 1 unspecified atom stereocenters. The lowest BCUT2D eigenvalue weighted by atomic mass is 9.92. The Hall–Kier alpha value is -2.10. The topological polar surface area (TPSA) is 55.1 Å². The van der Waals surface area contributed by atoms with Crippen LogP contribution in [0.1, 0.15) is 23.2 Å². The molecule has 0 bridgehead atoms. The summed E-state index contributed by atoms with van der Waals surface area (Å²) in [5, 5.41) is 13.5. The van der Waals surface area contributed by atoms with Gasteiger partial charge in [-0.1, -0.05) is 24.3 Å². The van der Waals surface area contributed by atoms with Crippen LogP contribution in [-0.4, -0.2) is 20.9 Å². The zero-order chi connectivity index (χ0) is 14.5. The summed E-state index contributed by atoms with van der Waals surface area (Å²) in [5.41, 5.74) is 3.34. The van der Waals surface area contributed by atoms with Gasteiger partial charge in [0.25, 0.3) is 0 Å². The normalized spacial score (nSPS) is 12.3. The molecule has 20 heavy (non-hydrogen) atoms. The molecular weight excluding hydrogens is 252 g/mol. The van der Waals surface area contributed by atoms with E-state index in [1.54, 1.807) is 10.9 Å². The number of nitrogens with zero attached hydrogens (tertiary/aromatic N) is 2. The first-order valence-corrected chi connectivity index (χ1v) is 6.82. The average molecular weight is 272 g/mol. The lowest BCUT2D eigenvalue weighted by Gasteiger charge is -2.14. The first kappa shape index (κ1) is 14.3. The van der Waals surface area contributed by atoms with Gasteiger partial charge in [-0.3, -0.25) is 9.48 Å². The molecule has 0 fully saturated rings. The number of hydrogen-bond donors (Lipinski definition) is 1. The Labute approximate surface area is 119 Å². The van der Waals surface area contributed by atoms with Crippen LogP contribution < -0.4 is 0 Å². The first-order valence-electron chi connectivity index (χ1n) is 6.82. The highest BCUT2D eigenvalue weighted by Gasteiger charge is 2.19. The molecule has 0 saturated carbocycles. The lowest BCUT2D eigenvalue weighted by Crippen LogP contribution is -2.18. The Bertz CT molecular complexity index is 590. The molecule has 2 aromatic rings. The molecule has 0 aliphatic rings. The number of carboxylic acids is 1. The predicted molar refractivity (Wildman–Crippen MR) is 77.5 cm³/mol. The Kier molecular flexibility index (Phi) is 4.56. The molecule has 1 heterocycles. The molecule has 2 rings (SSSR count). The second-order valence-electron chi connectivity index (χ2n) is 5.15. The minimum absolute atomic E-state index is 0.356. The molecule has 0 aliphatic heterocycles. The summed E-state index contributed by atoms with van der Waals surface area (Å²) in [6.45, 7) is 2.02. The van der Waals surface area contributed by atoms with Gasteiger partial charge in [-0.15, -0.1) is 0 Å². The summed E-state index contributed by atoms with van der Waals surface area (Å²) >= 11 is 0. The fraction of sp³-hybridized carbons (Fsp3) is 0.375. The molecule has 1 aromatic carbocycles. The third-order valence-electron chi connectivity index (χ3n) is 3.75. The van der Waals surface area contributed by atoms with E-state index in [1.807, 2.05) is 44.3 Å². The van der Waals surface area contributed by atoms with Crippen molar-refractivity contribution in [3.8, 4) is 0 Å². The van der Waals surface area contributed by atoms with Gasteiger partial charge in [0.1, 0.15) is 0 Å². The summed E-state index contributed by atoms with van der Waals surface area (Å²) in [5.74, 6) is -1.08. The Morgan fingerprint density at radius 1 is 1.35 bits per heavy atom. The van der Waals surface area contributed by atoms with E-state index < -0.39 is 5.97 Å². The molecule has 0 saturated heterocycles. The molecule has 1 N–H and O–H groups in total. The van der Waals surface area contributed by atoms with Gasteiger partial charge >= 0.3 is 5.97 Å². The predicted octanol–water partition coefficient (Wildman–Crippen LogP) is 2.60. The van der Waals surface area contributed by atoms with Crippen molar-refractivity contribution in [2.75, 3.05) is 0 Å². The highest BCUT2D eigenvalue weighted by molar-refractivity contribution is 5.70. The average Bonchev–Trinajstić information content (AvgIpc) is 2.82. The van der Waals surface area contributed by atoms with Crippen LogP contribution >= 0.6 is 0 Å². The Balaban J connectivity index is 2.03. The maximum absolute atomic E-state index is 11.4. The van der Waals surface area contributed by atoms with Crippen molar-refractivity contribution in [2.24, 2.45) is 13.0 Å². The van der Waals surface area contributed by atoms with E-state index in [0.717, 1.165) is 23.2 Å². The fourth-order valence-electron chi connectivity index (χ4n) is 2.39. The molecule has 106 valence electrons. The zero-order valence-corrected chi connectivity index (χ0v) is 11.9. The monoisotopic (exact) mass is 272 g/mol. The van der Waals surface area contributed by atoms with E-state index in [4.69, 9.17) is 0 Å². The van der Waals surface area contributed by atoms with Crippen LogP contribution in [0.2, 0.25) is 0 Å². The van der Waals surface area contributed by atoms with Gasteiger partial charge < -0.3 is 5.11 Å². The van der Waals surface area contributed by atoms with E-state index in [2.05, 4.69) is 5.10 Å². The minimum Gasteiger partial charge on any atom is -0.481 e. The lowest BCUT2D eigenvalue weighted by molar-refractivity contribution is -0.141. The number of aliphatic carboxylic acids is 1. The van der Waals surface area contributed by atoms with Crippen LogP contribution in [0.4, 0.5) is 0 Å². The summed E-state index contributed by atoms with van der Waals surface area (Å²) in [4.78, 5) is 11.4. The standard InChI is InChI=1S/C16H20N2O2/c1-12-5-3-4-6-13(12)11-14(16(19)20)7-8-15-9-10-17-18(15)2/h3-6,9-10,14H,7-8,11H2,1-2H3,(H,19,20). The van der Waals surface area contributed by atoms with Crippen molar-refractivity contribution in [3.05, 3.63) is 53.3 Å². The summed E-state index contributed by atoms with van der Waals surface area (Å²) in [7, 11) is 1.88. The van der Waals surface area contributed by atoms with Crippen molar-refractivity contribution in [1.29, 1.82) is 0 Å². The van der Waals surface area contributed by atoms with E-state index in [1.165, 1.54) is 0 Å². The molecule has 0 aliphatic carbocycles. The van der Waals surface area contributed by atoms with E-state index in [9.17, 15) is 9.90 Å². The van der Waals surface area contributed by atoms with Crippen LogP contribution in [0.25, 0.3) is 0 Å². The van der Waals surface area contributed by atoms with Crippen LogP contribution in [0.15, 0.2) is 36.5 Å². The highest BCUT2D eigenvalue weighted by atomic mass is 16.4. The summed E-state index contributed by atoms with van der Waals surface area (Å²) in [6.07, 6.45) is 3.69. The molecular formula is C16H20N2O2.